The van der Waals surface area contributed by atoms with E-state index >= 15 is 0 Å². The van der Waals surface area contributed by atoms with Gasteiger partial charge in [-0.25, -0.2) is 4.98 Å². The zero-order valence-electron chi connectivity index (χ0n) is 14.9. The zero-order chi connectivity index (χ0) is 18.2. The number of nitrogens with zero attached hydrogens (tertiary/aromatic N) is 3. The van der Waals surface area contributed by atoms with Crippen LogP contribution in [0.1, 0.15) is 12.8 Å². The van der Waals surface area contributed by atoms with Crippen molar-refractivity contribution in [3.8, 4) is 11.5 Å². The summed E-state index contributed by atoms with van der Waals surface area (Å²) in [7, 11) is 1.63. The Bertz CT molecular complexity index is 686. The molecule has 0 atom stereocenters. The van der Waals surface area contributed by atoms with Gasteiger partial charge in [0.05, 0.1) is 19.9 Å². The Hall–Kier alpha value is -2.83. The van der Waals surface area contributed by atoms with Crippen molar-refractivity contribution >= 4 is 11.7 Å². The van der Waals surface area contributed by atoms with E-state index in [0.29, 0.717) is 13.2 Å². The summed E-state index contributed by atoms with van der Waals surface area (Å²) in [6.45, 7) is 2.57. The third-order valence-corrected chi connectivity index (χ3v) is 4.47. The van der Waals surface area contributed by atoms with Gasteiger partial charge in [-0.05, 0) is 37.1 Å². The first-order valence-electron chi connectivity index (χ1n) is 8.82. The third kappa shape index (κ3) is 4.84. The SMILES string of the molecule is COc1ccc(OCCNC(=O)C2CCN(c3cnccn3)CC2)cc1. The highest BCUT2D eigenvalue weighted by atomic mass is 16.5. The molecule has 26 heavy (non-hydrogen) atoms. The van der Waals surface area contributed by atoms with E-state index in [1.54, 1.807) is 25.7 Å². The van der Waals surface area contributed by atoms with E-state index in [0.717, 1.165) is 43.2 Å². The fourth-order valence-electron chi connectivity index (χ4n) is 2.98. The maximum atomic E-state index is 12.3. The van der Waals surface area contributed by atoms with E-state index in [1.165, 1.54) is 0 Å². The van der Waals surface area contributed by atoms with Gasteiger partial charge in [0, 0.05) is 31.4 Å². The molecule has 1 aliphatic heterocycles. The number of carbonyl (C=O) groups is 1. The standard InChI is InChI=1S/C19H24N4O3/c1-25-16-2-4-17(5-3-16)26-13-10-22-19(24)15-6-11-23(12-7-15)18-14-20-8-9-21-18/h2-5,8-9,14-15H,6-7,10-13H2,1H3,(H,22,24). The van der Waals surface area contributed by atoms with Gasteiger partial charge >= 0.3 is 0 Å². The molecule has 0 radical (unpaired) electrons. The van der Waals surface area contributed by atoms with Crippen LogP contribution in [-0.4, -0.2) is 49.2 Å². The minimum atomic E-state index is 0.0453. The van der Waals surface area contributed by atoms with Gasteiger partial charge in [0.15, 0.2) is 0 Å². The van der Waals surface area contributed by atoms with Gasteiger partial charge in [0.25, 0.3) is 0 Å². The summed E-state index contributed by atoms with van der Waals surface area (Å²) in [5.74, 6) is 2.57. The number of carbonyl (C=O) groups excluding carboxylic acids is 1. The maximum absolute atomic E-state index is 12.3. The first kappa shape index (κ1) is 18.0. The van der Waals surface area contributed by atoms with Crippen LogP contribution >= 0.6 is 0 Å². The minimum absolute atomic E-state index is 0.0453. The Labute approximate surface area is 153 Å². The molecule has 1 fully saturated rings. The third-order valence-electron chi connectivity index (χ3n) is 4.47. The van der Waals surface area contributed by atoms with E-state index in [2.05, 4.69) is 20.2 Å². The number of methoxy groups -OCH3 is 1. The molecule has 0 spiro atoms. The fraction of sp³-hybridized carbons (Fsp3) is 0.421. The van der Waals surface area contributed by atoms with Crippen LogP contribution < -0.4 is 19.7 Å². The summed E-state index contributed by atoms with van der Waals surface area (Å²) in [6.07, 6.45) is 6.76. The normalized spacial score (nSPS) is 14.7. The number of nitrogens with one attached hydrogen (secondary N) is 1. The largest absolute Gasteiger partial charge is 0.497 e. The second-order valence-electron chi connectivity index (χ2n) is 6.14. The molecule has 7 nitrogen and oxygen atoms in total. The highest BCUT2D eigenvalue weighted by Gasteiger charge is 2.25. The van der Waals surface area contributed by atoms with Gasteiger partial charge in [-0.15, -0.1) is 0 Å². The van der Waals surface area contributed by atoms with Crippen molar-refractivity contribution in [2.45, 2.75) is 12.8 Å². The molecule has 1 aromatic heterocycles. The van der Waals surface area contributed by atoms with Gasteiger partial charge in [-0.1, -0.05) is 0 Å². The van der Waals surface area contributed by atoms with Crippen LogP contribution in [0.4, 0.5) is 5.82 Å². The summed E-state index contributed by atoms with van der Waals surface area (Å²) >= 11 is 0. The average molecular weight is 356 g/mol. The number of rotatable bonds is 7. The highest BCUT2D eigenvalue weighted by Crippen LogP contribution is 2.21. The van der Waals surface area contributed by atoms with Crippen LogP contribution in [0.5, 0.6) is 11.5 Å². The summed E-state index contributed by atoms with van der Waals surface area (Å²) in [5.41, 5.74) is 0. The zero-order valence-corrected chi connectivity index (χ0v) is 14.9. The van der Waals surface area contributed by atoms with E-state index in [1.807, 2.05) is 24.3 Å². The van der Waals surface area contributed by atoms with E-state index in [4.69, 9.17) is 9.47 Å². The van der Waals surface area contributed by atoms with Gasteiger partial charge in [0.1, 0.15) is 23.9 Å². The quantitative estimate of drug-likeness (QED) is 0.764. The first-order valence-corrected chi connectivity index (χ1v) is 8.82. The number of anilines is 1. The summed E-state index contributed by atoms with van der Waals surface area (Å²) in [6, 6.07) is 7.39. The van der Waals surface area contributed by atoms with E-state index < -0.39 is 0 Å². The number of benzene rings is 1. The van der Waals surface area contributed by atoms with Crippen molar-refractivity contribution in [2.24, 2.45) is 5.92 Å². The average Bonchev–Trinajstić information content (AvgIpc) is 2.72. The molecule has 0 aliphatic carbocycles. The summed E-state index contributed by atoms with van der Waals surface area (Å²) in [5, 5.41) is 2.96. The summed E-state index contributed by atoms with van der Waals surface area (Å²) in [4.78, 5) is 22.9. The van der Waals surface area contributed by atoms with Crippen molar-refractivity contribution in [3.05, 3.63) is 42.9 Å². The van der Waals surface area contributed by atoms with Crippen LogP contribution in [0.2, 0.25) is 0 Å². The molecule has 1 aliphatic rings. The van der Waals surface area contributed by atoms with Gasteiger partial charge in [-0.3, -0.25) is 9.78 Å². The topological polar surface area (TPSA) is 76.6 Å². The number of aromatic nitrogens is 2. The second-order valence-corrected chi connectivity index (χ2v) is 6.14. The molecule has 2 heterocycles. The van der Waals surface area contributed by atoms with Crippen LogP contribution in [0, 0.1) is 5.92 Å². The summed E-state index contributed by atoms with van der Waals surface area (Å²) < 4.78 is 10.7. The van der Waals surface area contributed by atoms with Gasteiger partial charge in [-0.2, -0.15) is 0 Å². The van der Waals surface area contributed by atoms with Crippen molar-refractivity contribution in [1.29, 1.82) is 0 Å². The highest BCUT2D eigenvalue weighted by molar-refractivity contribution is 5.78. The predicted molar refractivity (Wildman–Crippen MR) is 98.5 cm³/mol. The number of hydrogen-bond donors (Lipinski definition) is 1. The van der Waals surface area contributed by atoms with Gasteiger partial charge in [0.2, 0.25) is 5.91 Å². The lowest BCUT2D eigenvalue weighted by molar-refractivity contribution is -0.125. The lowest BCUT2D eigenvalue weighted by Crippen LogP contribution is -2.41. The monoisotopic (exact) mass is 356 g/mol. The van der Waals surface area contributed by atoms with E-state index in [9.17, 15) is 4.79 Å². The number of amides is 1. The minimum Gasteiger partial charge on any atom is -0.497 e. The number of piperidine rings is 1. The Morgan fingerprint density at radius 1 is 1.19 bits per heavy atom. The number of hydrogen-bond acceptors (Lipinski definition) is 6. The van der Waals surface area contributed by atoms with Crippen LogP contribution in [0.3, 0.4) is 0 Å². The predicted octanol–water partition coefficient (Wildman–Crippen LogP) is 1.90. The molecule has 138 valence electrons. The second kappa shape index (κ2) is 9.03. The molecule has 1 saturated heterocycles. The molecule has 1 aromatic carbocycles. The smallest absolute Gasteiger partial charge is 0.223 e. The van der Waals surface area contributed by atoms with Crippen molar-refractivity contribution in [2.75, 3.05) is 38.3 Å². The van der Waals surface area contributed by atoms with E-state index in [-0.39, 0.29) is 11.8 Å². The molecule has 1 amide bonds. The molecule has 0 saturated carbocycles. The molecular weight excluding hydrogens is 332 g/mol. The Morgan fingerprint density at radius 2 is 1.92 bits per heavy atom. The molecule has 0 unspecified atom stereocenters. The molecular formula is C19H24N4O3. The number of ether oxygens (including phenoxy) is 2. The van der Waals surface area contributed by atoms with Crippen molar-refractivity contribution < 1.29 is 14.3 Å². The Kier molecular flexibility index (Phi) is 6.24. The van der Waals surface area contributed by atoms with Crippen LogP contribution in [-0.2, 0) is 4.79 Å². The van der Waals surface area contributed by atoms with Gasteiger partial charge < -0.3 is 19.7 Å². The molecule has 7 heteroatoms. The maximum Gasteiger partial charge on any atom is 0.223 e. The Morgan fingerprint density at radius 3 is 2.58 bits per heavy atom. The Balaban J connectivity index is 1.35. The molecule has 0 bridgehead atoms. The van der Waals surface area contributed by atoms with Crippen molar-refractivity contribution in [1.82, 2.24) is 15.3 Å². The fourth-order valence-corrected chi connectivity index (χ4v) is 2.98. The first-order chi connectivity index (χ1) is 12.8. The van der Waals surface area contributed by atoms with Crippen LogP contribution in [0.25, 0.3) is 0 Å². The van der Waals surface area contributed by atoms with Crippen LogP contribution in [0.15, 0.2) is 42.9 Å². The lowest BCUT2D eigenvalue weighted by atomic mass is 9.96. The molecule has 1 N–H and O–H groups in total. The van der Waals surface area contributed by atoms with Crippen molar-refractivity contribution in [3.63, 3.8) is 0 Å². The lowest BCUT2D eigenvalue weighted by Gasteiger charge is -2.31. The molecule has 3 rings (SSSR count). The molecule has 2 aromatic rings.